The third kappa shape index (κ3) is 6.10. The number of ether oxygens (including phenoxy) is 1. The van der Waals surface area contributed by atoms with Crippen molar-refractivity contribution in [1.29, 1.82) is 0 Å². The third-order valence-corrected chi connectivity index (χ3v) is 5.69. The van der Waals surface area contributed by atoms with Crippen molar-refractivity contribution in [2.24, 2.45) is 5.92 Å². The Morgan fingerprint density at radius 1 is 1.13 bits per heavy atom. The van der Waals surface area contributed by atoms with Crippen molar-refractivity contribution in [2.45, 2.75) is 90.7 Å². The summed E-state index contributed by atoms with van der Waals surface area (Å²) in [5, 5.41) is 6.38. The van der Waals surface area contributed by atoms with Crippen LogP contribution in [0.15, 0.2) is 24.3 Å². The second-order valence-electron chi connectivity index (χ2n) is 10.3. The summed E-state index contributed by atoms with van der Waals surface area (Å²) in [4.78, 5) is 25.1. The molecule has 1 amide bonds. The lowest BCUT2D eigenvalue weighted by Gasteiger charge is -2.36. The molecule has 1 heterocycles. The zero-order valence-corrected chi connectivity index (χ0v) is 19.1. The largest absolute Gasteiger partial charge is 0.444 e. The van der Waals surface area contributed by atoms with Gasteiger partial charge in [0.15, 0.2) is 5.78 Å². The molecule has 1 aliphatic carbocycles. The summed E-state index contributed by atoms with van der Waals surface area (Å²) in [6.45, 7) is 9.80. The Labute approximate surface area is 180 Å². The highest BCUT2D eigenvalue weighted by atomic mass is 16.6. The predicted molar refractivity (Wildman–Crippen MR) is 121 cm³/mol. The van der Waals surface area contributed by atoms with Gasteiger partial charge in [-0.25, -0.2) is 4.79 Å². The normalized spacial score (nSPS) is 20.6. The maximum atomic E-state index is 13.0. The van der Waals surface area contributed by atoms with Gasteiger partial charge >= 0.3 is 6.09 Å². The summed E-state index contributed by atoms with van der Waals surface area (Å²) >= 11 is 0. The lowest BCUT2D eigenvalue weighted by molar-refractivity contribution is -0.118. The van der Waals surface area contributed by atoms with E-state index in [-0.39, 0.29) is 17.2 Å². The van der Waals surface area contributed by atoms with E-state index in [1.54, 1.807) is 0 Å². The molecule has 2 aliphatic rings. The van der Waals surface area contributed by atoms with Gasteiger partial charge in [-0.3, -0.25) is 10.1 Å². The minimum absolute atomic E-state index is 0.142. The van der Waals surface area contributed by atoms with Crippen LogP contribution in [0.5, 0.6) is 0 Å². The Hall–Kier alpha value is -2.30. The van der Waals surface area contributed by atoms with Crippen molar-refractivity contribution in [1.82, 2.24) is 5.32 Å². The van der Waals surface area contributed by atoms with E-state index in [2.05, 4.69) is 24.5 Å². The van der Waals surface area contributed by atoms with Gasteiger partial charge in [-0.05, 0) is 71.6 Å². The number of ketones is 1. The molecule has 0 bridgehead atoms. The van der Waals surface area contributed by atoms with E-state index >= 15 is 0 Å². The van der Waals surface area contributed by atoms with E-state index in [4.69, 9.17) is 4.74 Å². The molecule has 5 heteroatoms. The molecule has 1 aromatic carbocycles. The smallest absolute Gasteiger partial charge is 0.412 e. The second-order valence-corrected chi connectivity index (χ2v) is 10.3. The van der Waals surface area contributed by atoms with Crippen LogP contribution in [0.4, 0.5) is 10.5 Å². The number of fused-ring (bicyclic) bond motifs is 1. The molecule has 0 radical (unpaired) electrons. The molecule has 30 heavy (non-hydrogen) atoms. The van der Waals surface area contributed by atoms with Crippen molar-refractivity contribution in [3.05, 3.63) is 35.4 Å². The molecule has 5 nitrogen and oxygen atoms in total. The van der Waals surface area contributed by atoms with E-state index < -0.39 is 11.7 Å². The fourth-order valence-corrected chi connectivity index (χ4v) is 4.39. The second kappa shape index (κ2) is 8.83. The maximum Gasteiger partial charge on any atom is 0.412 e. The van der Waals surface area contributed by atoms with Crippen LogP contribution in [0.1, 0.15) is 84.3 Å². The molecule has 2 N–H and O–H groups in total. The standard InChI is InChI=1S/C25H36N2O3/c1-24(2,3)30-23(29)26-19-12-13-20-18(14-19)16-25(4,5)27-21(20)15-22(28)17-10-8-6-7-9-11-17/h12-15,17,27H,6-11,16H2,1-5H3,(H,26,29)/b21-15-. The Kier molecular flexibility index (Phi) is 6.59. The topological polar surface area (TPSA) is 67.4 Å². The van der Waals surface area contributed by atoms with Gasteiger partial charge in [0.05, 0.1) is 0 Å². The van der Waals surface area contributed by atoms with Crippen LogP contribution in [-0.2, 0) is 16.0 Å². The molecule has 1 aliphatic heterocycles. The number of benzene rings is 1. The highest BCUT2D eigenvalue weighted by Crippen LogP contribution is 2.33. The summed E-state index contributed by atoms with van der Waals surface area (Å²) in [5.41, 5.74) is 3.03. The van der Waals surface area contributed by atoms with Gasteiger partial charge in [-0.2, -0.15) is 0 Å². The van der Waals surface area contributed by atoms with Crippen LogP contribution in [0.2, 0.25) is 0 Å². The van der Waals surface area contributed by atoms with E-state index in [0.717, 1.165) is 48.9 Å². The molecule has 1 saturated carbocycles. The van der Waals surface area contributed by atoms with Crippen molar-refractivity contribution in [3.8, 4) is 0 Å². The zero-order chi connectivity index (χ0) is 21.9. The van der Waals surface area contributed by atoms with Gasteiger partial charge in [0.2, 0.25) is 0 Å². The van der Waals surface area contributed by atoms with Gasteiger partial charge < -0.3 is 10.1 Å². The van der Waals surface area contributed by atoms with E-state index in [0.29, 0.717) is 5.69 Å². The fourth-order valence-electron chi connectivity index (χ4n) is 4.39. The number of nitrogens with one attached hydrogen (secondary N) is 2. The van der Waals surface area contributed by atoms with Gasteiger partial charge in [-0.15, -0.1) is 0 Å². The zero-order valence-electron chi connectivity index (χ0n) is 19.1. The number of carbonyl (C=O) groups excluding carboxylic acids is 2. The van der Waals surface area contributed by atoms with Crippen LogP contribution in [0.3, 0.4) is 0 Å². The van der Waals surface area contributed by atoms with Crippen molar-refractivity contribution >= 4 is 23.3 Å². The molecule has 0 unspecified atom stereocenters. The van der Waals surface area contributed by atoms with Crippen molar-refractivity contribution in [3.63, 3.8) is 0 Å². The van der Waals surface area contributed by atoms with Crippen LogP contribution in [0, 0.1) is 5.92 Å². The summed E-state index contributed by atoms with van der Waals surface area (Å²) < 4.78 is 5.36. The number of allylic oxidation sites excluding steroid dienone is 1. The van der Waals surface area contributed by atoms with E-state index in [1.165, 1.54) is 12.8 Å². The van der Waals surface area contributed by atoms with Gasteiger partial charge in [0.25, 0.3) is 0 Å². The Morgan fingerprint density at radius 3 is 2.43 bits per heavy atom. The minimum Gasteiger partial charge on any atom is -0.444 e. The summed E-state index contributed by atoms with van der Waals surface area (Å²) in [6.07, 6.45) is 8.93. The third-order valence-electron chi connectivity index (χ3n) is 5.69. The van der Waals surface area contributed by atoms with Crippen LogP contribution in [-0.4, -0.2) is 23.0 Å². The van der Waals surface area contributed by atoms with Gasteiger partial charge in [0, 0.05) is 34.5 Å². The molecule has 1 aromatic rings. The van der Waals surface area contributed by atoms with Gasteiger partial charge in [-0.1, -0.05) is 31.7 Å². The Balaban J connectivity index is 1.83. The number of hydrogen-bond donors (Lipinski definition) is 2. The first-order chi connectivity index (χ1) is 14.0. The molecular weight excluding hydrogens is 376 g/mol. The molecule has 164 valence electrons. The molecule has 0 aromatic heterocycles. The first-order valence-electron chi connectivity index (χ1n) is 11.2. The molecule has 0 saturated heterocycles. The molecule has 1 fully saturated rings. The quantitative estimate of drug-likeness (QED) is 0.483. The Morgan fingerprint density at radius 2 is 1.80 bits per heavy atom. The average Bonchev–Trinajstić information content (AvgIpc) is 2.88. The van der Waals surface area contributed by atoms with E-state index in [9.17, 15) is 9.59 Å². The number of hydrogen-bond acceptors (Lipinski definition) is 4. The van der Waals surface area contributed by atoms with Crippen LogP contribution >= 0.6 is 0 Å². The van der Waals surface area contributed by atoms with Crippen molar-refractivity contribution < 1.29 is 14.3 Å². The fraction of sp³-hybridized carbons (Fsp3) is 0.600. The predicted octanol–water partition coefficient (Wildman–Crippen LogP) is 5.84. The monoisotopic (exact) mass is 412 g/mol. The Bertz CT molecular complexity index is 825. The number of carbonyl (C=O) groups is 2. The first-order valence-corrected chi connectivity index (χ1v) is 11.2. The van der Waals surface area contributed by atoms with Crippen LogP contribution < -0.4 is 10.6 Å². The lowest BCUT2D eigenvalue weighted by atomic mass is 9.84. The molecular formula is C25H36N2O3. The molecule has 0 atom stereocenters. The highest BCUT2D eigenvalue weighted by molar-refractivity contribution is 5.99. The molecule has 0 spiro atoms. The van der Waals surface area contributed by atoms with Gasteiger partial charge in [0.1, 0.15) is 5.60 Å². The maximum absolute atomic E-state index is 13.0. The average molecular weight is 413 g/mol. The number of amides is 1. The SMILES string of the molecule is CC1(C)Cc2cc(NC(=O)OC(C)(C)C)ccc2/C(=C/C(=O)C2CCCCCC2)N1. The highest BCUT2D eigenvalue weighted by Gasteiger charge is 2.29. The number of anilines is 1. The van der Waals surface area contributed by atoms with E-state index in [1.807, 2.05) is 45.0 Å². The lowest BCUT2D eigenvalue weighted by Crippen LogP contribution is -2.44. The molecule has 3 rings (SSSR count). The number of rotatable bonds is 3. The van der Waals surface area contributed by atoms with Crippen molar-refractivity contribution in [2.75, 3.05) is 5.32 Å². The van der Waals surface area contributed by atoms with Crippen LogP contribution in [0.25, 0.3) is 5.70 Å². The summed E-state index contributed by atoms with van der Waals surface area (Å²) in [5.74, 6) is 0.377. The minimum atomic E-state index is -0.543. The summed E-state index contributed by atoms with van der Waals surface area (Å²) in [6, 6.07) is 5.84. The summed E-state index contributed by atoms with van der Waals surface area (Å²) in [7, 11) is 0. The first kappa shape index (κ1) is 22.4.